The van der Waals surface area contributed by atoms with Crippen LogP contribution in [0.3, 0.4) is 0 Å². The SMILES string of the molecule is NCC1CN(CC(=O)Nc2cc(Cl)c(Cl)cc2Cl)CCO1. The summed E-state index contributed by atoms with van der Waals surface area (Å²) in [5, 5.41) is 3.76. The van der Waals surface area contributed by atoms with Gasteiger partial charge in [0.2, 0.25) is 5.91 Å². The Morgan fingerprint density at radius 2 is 2.05 bits per heavy atom. The van der Waals surface area contributed by atoms with Gasteiger partial charge in [0.15, 0.2) is 0 Å². The van der Waals surface area contributed by atoms with Crippen molar-refractivity contribution in [2.45, 2.75) is 6.10 Å². The highest BCUT2D eigenvalue weighted by Crippen LogP contribution is 2.32. The first-order valence-electron chi connectivity index (χ1n) is 6.48. The predicted octanol–water partition coefficient (Wildman–Crippen LogP) is 2.24. The number of nitrogens with zero attached hydrogens (tertiary/aromatic N) is 1. The fourth-order valence-electron chi connectivity index (χ4n) is 2.08. The van der Waals surface area contributed by atoms with Gasteiger partial charge in [-0.15, -0.1) is 0 Å². The summed E-state index contributed by atoms with van der Waals surface area (Å²) in [5.74, 6) is -0.173. The highest BCUT2D eigenvalue weighted by molar-refractivity contribution is 6.44. The second kappa shape index (κ2) is 7.63. The lowest BCUT2D eigenvalue weighted by Crippen LogP contribution is -2.48. The van der Waals surface area contributed by atoms with Crippen molar-refractivity contribution in [1.29, 1.82) is 0 Å². The van der Waals surface area contributed by atoms with Crippen LogP contribution >= 0.6 is 34.8 Å². The van der Waals surface area contributed by atoms with Gasteiger partial charge in [0.25, 0.3) is 0 Å². The highest BCUT2D eigenvalue weighted by atomic mass is 35.5. The molecule has 1 aromatic carbocycles. The third kappa shape index (κ3) is 4.71. The number of morpholine rings is 1. The first kappa shape index (κ1) is 16.8. The van der Waals surface area contributed by atoms with Gasteiger partial charge in [0, 0.05) is 19.6 Å². The van der Waals surface area contributed by atoms with Crippen LogP contribution in [0.4, 0.5) is 5.69 Å². The smallest absolute Gasteiger partial charge is 0.238 e. The van der Waals surface area contributed by atoms with Crippen LogP contribution in [0.1, 0.15) is 0 Å². The van der Waals surface area contributed by atoms with E-state index in [1.807, 2.05) is 4.90 Å². The van der Waals surface area contributed by atoms with Gasteiger partial charge >= 0.3 is 0 Å². The van der Waals surface area contributed by atoms with Crippen LogP contribution in [0.2, 0.25) is 15.1 Å². The molecule has 21 heavy (non-hydrogen) atoms. The van der Waals surface area contributed by atoms with Crippen molar-refractivity contribution in [2.24, 2.45) is 5.73 Å². The van der Waals surface area contributed by atoms with E-state index in [9.17, 15) is 4.79 Å². The minimum Gasteiger partial charge on any atom is -0.374 e. The summed E-state index contributed by atoms with van der Waals surface area (Å²) in [5.41, 5.74) is 6.02. The molecule has 1 aliphatic heterocycles. The summed E-state index contributed by atoms with van der Waals surface area (Å²) in [4.78, 5) is 14.1. The monoisotopic (exact) mass is 351 g/mol. The van der Waals surface area contributed by atoms with Gasteiger partial charge in [-0.2, -0.15) is 0 Å². The van der Waals surface area contributed by atoms with Gasteiger partial charge in [-0.3, -0.25) is 9.69 Å². The second-order valence-corrected chi connectivity index (χ2v) is 5.98. The molecule has 0 spiro atoms. The zero-order valence-corrected chi connectivity index (χ0v) is 13.5. The fraction of sp³-hybridized carbons (Fsp3) is 0.462. The average Bonchev–Trinajstić information content (AvgIpc) is 2.45. The number of hydrogen-bond acceptors (Lipinski definition) is 4. The first-order chi connectivity index (χ1) is 9.99. The number of benzene rings is 1. The topological polar surface area (TPSA) is 67.6 Å². The first-order valence-corrected chi connectivity index (χ1v) is 7.61. The molecule has 1 atom stereocenters. The standard InChI is InChI=1S/C13H16Cl3N3O2/c14-9-3-11(16)12(4-10(9)15)18-13(20)7-19-1-2-21-8(5-17)6-19/h3-4,8H,1-2,5-7,17H2,(H,18,20). The molecule has 0 radical (unpaired) electrons. The Labute approximate surface area is 138 Å². The Morgan fingerprint density at radius 1 is 1.33 bits per heavy atom. The Hall–Kier alpha value is -0.560. The summed E-state index contributed by atoms with van der Waals surface area (Å²) in [7, 11) is 0. The zero-order valence-electron chi connectivity index (χ0n) is 11.2. The number of carbonyl (C=O) groups excluding carboxylic acids is 1. The van der Waals surface area contributed by atoms with Gasteiger partial charge < -0.3 is 15.8 Å². The summed E-state index contributed by atoms with van der Waals surface area (Å²) in [6, 6.07) is 3.03. The number of halogens is 3. The Bertz CT molecular complexity index is 528. The van der Waals surface area contributed by atoms with Crippen molar-refractivity contribution >= 4 is 46.4 Å². The van der Waals surface area contributed by atoms with Gasteiger partial charge in [-0.05, 0) is 12.1 Å². The molecule has 2 rings (SSSR count). The minimum absolute atomic E-state index is 0.0277. The number of anilines is 1. The number of rotatable bonds is 4. The number of ether oxygens (including phenoxy) is 1. The van der Waals surface area contributed by atoms with Crippen molar-refractivity contribution < 1.29 is 9.53 Å². The molecular formula is C13H16Cl3N3O2. The fourth-order valence-corrected chi connectivity index (χ4v) is 2.67. The third-order valence-electron chi connectivity index (χ3n) is 3.14. The van der Waals surface area contributed by atoms with Gasteiger partial charge in [0.1, 0.15) is 0 Å². The van der Waals surface area contributed by atoms with E-state index in [0.717, 1.165) is 0 Å². The number of nitrogens with one attached hydrogen (secondary N) is 1. The Kier molecular flexibility index (Phi) is 6.10. The molecular weight excluding hydrogens is 337 g/mol. The molecule has 5 nitrogen and oxygen atoms in total. The molecule has 0 aromatic heterocycles. The molecule has 1 amide bonds. The number of nitrogens with two attached hydrogens (primary N) is 1. The average molecular weight is 353 g/mol. The maximum absolute atomic E-state index is 12.1. The summed E-state index contributed by atoms with van der Waals surface area (Å²) in [6.45, 7) is 2.59. The summed E-state index contributed by atoms with van der Waals surface area (Å²) >= 11 is 17.8. The molecule has 1 saturated heterocycles. The van der Waals surface area contributed by atoms with Crippen molar-refractivity contribution in [2.75, 3.05) is 38.1 Å². The second-order valence-electron chi connectivity index (χ2n) is 4.76. The molecule has 1 heterocycles. The number of hydrogen-bond donors (Lipinski definition) is 2. The van der Waals surface area contributed by atoms with Gasteiger partial charge in [0.05, 0.1) is 40.0 Å². The van der Waals surface area contributed by atoms with Crippen molar-refractivity contribution in [1.82, 2.24) is 4.90 Å². The zero-order chi connectivity index (χ0) is 15.4. The van der Waals surface area contributed by atoms with Crippen LogP contribution in [0.15, 0.2) is 12.1 Å². The lowest BCUT2D eigenvalue weighted by Gasteiger charge is -2.31. The summed E-state index contributed by atoms with van der Waals surface area (Å²) in [6.07, 6.45) is -0.0277. The van der Waals surface area contributed by atoms with Crippen LogP contribution in [-0.4, -0.2) is 49.7 Å². The lowest BCUT2D eigenvalue weighted by atomic mass is 10.2. The van der Waals surface area contributed by atoms with Crippen molar-refractivity contribution in [3.05, 3.63) is 27.2 Å². The molecule has 1 unspecified atom stereocenters. The third-order valence-corrected chi connectivity index (χ3v) is 4.17. The van der Waals surface area contributed by atoms with Crippen molar-refractivity contribution in [3.8, 4) is 0 Å². The van der Waals surface area contributed by atoms with Crippen molar-refractivity contribution in [3.63, 3.8) is 0 Å². The van der Waals surface area contributed by atoms with E-state index in [0.29, 0.717) is 47.0 Å². The molecule has 0 saturated carbocycles. The predicted molar refractivity (Wildman–Crippen MR) is 85.3 cm³/mol. The van der Waals surface area contributed by atoms with Gasteiger partial charge in [-0.1, -0.05) is 34.8 Å². The van der Waals surface area contributed by atoms with E-state index in [1.54, 1.807) is 0 Å². The van der Waals surface area contributed by atoms with Crippen LogP contribution in [-0.2, 0) is 9.53 Å². The largest absolute Gasteiger partial charge is 0.374 e. The number of carbonyl (C=O) groups is 1. The maximum atomic E-state index is 12.1. The van der Waals surface area contributed by atoms with E-state index < -0.39 is 0 Å². The Morgan fingerprint density at radius 3 is 2.76 bits per heavy atom. The quantitative estimate of drug-likeness (QED) is 0.816. The van der Waals surface area contributed by atoms with E-state index in [1.165, 1.54) is 12.1 Å². The summed E-state index contributed by atoms with van der Waals surface area (Å²) < 4.78 is 5.45. The normalized spacial score (nSPS) is 19.5. The van der Waals surface area contributed by atoms with Crippen LogP contribution in [0.5, 0.6) is 0 Å². The van der Waals surface area contributed by atoms with Crippen LogP contribution in [0.25, 0.3) is 0 Å². The highest BCUT2D eigenvalue weighted by Gasteiger charge is 2.21. The Balaban J connectivity index is 1.94. The molecule has 116 valence electrons. The van der Waals surface area contributed by atoms with Gasteiger partial charge in [-0.25, -0.2) is 0 Å². The number of amides is 1. The molecule has 0 bridgehead atoms. The van der Waals surface area contributed by atoms with E-state index in [2.05, 4.69) is 5.32 Å². The van der Waals surface area contributed by atoms with E-state index in [4.69, 9.17) is 45.3 Å². The van der Waals surface area contributed by atoms with E-state index in [-0.39, 0.29) is 18.6 Å². The van der Waals surface area contributed by atoms with Crippen LogP contribution in [0, 0.1) is 0 Å². The molecule has 3 N–H and O–H groups in total. The molecule has 8 heteroatoms. The van der Waals surface area contributed by atoms with Crippen LogP contribution < -0.4 is 11.1 Å². The molecule has 1 fully saturated rings. The van der Waals surface area contributed by atoms with E-state index >= 15 is 0 Å². The molecule has 0 aliphatic carbocycles. The maximum Gasteiger partial charge on any atom is 0.238 e. The lowest BCUT2D eigenvalue weighted by molar-refractivity contribution is -0.119. The molecule has 1 aliphatic rings. The molecule has 1 aromatic rings. The minimum atomic E-state index is -0.173.